The highest BCUT2D eigenvalue weighted by Gasteiger charge is 2.60. The molecule has 0 saturated carbocycles. The Morgan fingerprint density at radius 2 is 0.500 bits per heavy atom. The zero-order chi connectivity index (χ0) is 83.5. The van der Waals surface area contributed by atoms with Gasteiger partial charge in [0.15, 0.2) is 44.0 Å². The van der Waals surface area contributed by atoms with E-state index in [1.807, 2.05) is 0 Å². The molecule has 50 heteroatoms. The lowest BCUT2D eigenvalue weighted by molar-refractivity contribution is -0.383. The summed E-state index contributed by atoms with van der Waals surface area (Å²) in [5.41, 5.74) is -1.16. The van der Waals surface area contributed by atoms with Crippen molar-refractivity contribution in [2.24, 2.45) is 0 Å². The summed E-state index contributed by atoms with van der Waals surface area (Å²) in [4.78, 5) is 0. The second kappa shape index (κ2) is 46.4. The van der Waals surface area contributed by atoms with Gasteiger partial charge in [-0.25, -0.2) is 0 Å². The van der Waals surface area contributed by atoms with Crippen molar-refractivity contribution in [2.45, 2.75) is 270 Å². The molecule has 0 bridgehead atoms. The van der Waals surface area contributed by atoms with Crippen LogP contribution in [0, 0.1) is 0 Å². The Hall–Kier alpha value is -2.00. The molecule has 0 aromatic heterocycles. The Balaban J connectivity index is 0.000000285. The van der Waals surface area contributed by atoms with Crippen LogP contribution in [0.4, 0.5) is 0 Å². The molecular weight excluding hydrogens is 1520 g/mol. The fourth-order valence-corrected chi connectivity index (χ4v) is 12.1. The van der Waals surface area contributed by atoms with Crippen molar-refractivity contribution in [1.82, 2.24) is 0 Å². The van der Waals surface area contributed by atoms with E-state index in [-0.39, 0.29) is 19.8 Å². The maximum Gasteiger partial charge on any atom is 0.224 e. The number of hydrogen-bond donors (Lipinski definition) is 33. The average Bonchev–Trinajstić information content (AvgIpc) is 1.55. The average molecular weight is 1640 g/mol. The molecule has 43 atom stereocenters. The van der Waals surface area contributed by atoms with E-state index in [1.54, 1.807) is 0 Å². The van der Waals surface area contributed by atoms with Gasteiger partial charge < -0.3 is 249 Å². The van der Waals surface area contributed by atoms with Crippen molar-refractivity contribution in [1.29, 1.82) is 0 Å². The quantitative estimate of drug-likeness (QED) is 0.0479. The molecule has 9 saturated heterocycles. The van der Waals surface area contributed by atoms with E-state index in [4.69, 9.17) is 116 Å². The van der Waals surface area contributed by atoms with E-state index < -0.39 is 316 Å². The van der Waals surface area contributed by atoms with Gasteiger partial charge in [0, 0.05) is 35.5 Å². The SMILES string of the molecule is CC1(CO)O[C@H](CO)[C@@H](O)[C@@H]1O.COC1O[C@H](CO)[C@@H](O)[C@H](O)[C@H]1O.COC1O[C@H](CO)[C@H](O)[C@H](O)[C@H]1O.COC[C@H]1O[C@@](CO)(O[C@H]2O[C@H](CO)[C@@H](O)[C@H](O)[C@H]2O)[C@@H](O)[C@@H]1O.CO[C@H]1O[C@H](CO)[C@@H](O[C@@H]2O[C@H](CO)[C@H](O)[C@H](O)[C@H]2O)[C@H](O)[C@H]1O.CO[C@H]1O[C@H](CO)[C@@H](O[C@H]2O[C@H](CO)[C@@H](O)[C@H](O)[C@H]2O)[C@H](O)[C@H]1O. The largest absolute Gasteiger partial charge is 0.394 e. The molecule has 0 aromatic carbocycles. The van der Waals surface area contributed by atoms with Gasteiger partial charge in [0.1, 0.15) is 220 Å². The lowest BCUT2D eigenvalue weighted by Gasteiger charge is -2.45. The Labute approximate surface area is 625 Å². The van der Waals surface area contributed by atoms with Crippen LogP contribution in [0.1, 0.15) is 6.92 Å². The third-order valence-corrected chi connectivity index (χ3v) is 19.0. The molecule has 9 fully saturated rings. The number of aliphatic hydroxyl groups is 33. The predicted octanol–water partition coefficient (Wildman–Crippen LogP) is -21.5. The fraction of sp³-hybridized carbons (Fsp3) is 1.00. The van der Waals surface area contributed by atoms with Crippen LogP contribution in [0.3, 0.4) is 0 Å². The lowest BCUT2D eigenvalue weighted by atomic mass is 9.97. The Kier molecular flexibility index (Phi) is 42.3. The highest BCUT2D eigenvalue weighted by molar-refractivity contribution is 5.02. The van der Waals surface area contributed by atoms with Crippen molar-refractivity contribution in [3.05, 3.63) is 0 Å². The van der Waals surface area contributed by atoms with Crippen LogP contribution in [-0.4, -0.2) is 540 Å². The first kappa shape index (κ1) is 100. The third-order valence-electron chi connectivity index (χ3n) is 19.0. The van der Waals surface area contributed by atoms with Gasteiger partial charge in [-0.1, -0.05) is 0 Å². The maximum atomic E-state index is 10.2. The standard InChI is InChI=1S/3C13H24O11.2C7H14O6.C7H14O5/c1-21-3-6-8(17)11(20)13(4-15,23-6)24-12-10(19)9(18)7(16)5(2-14)22-12;2*1-21-12-10(20)8(18)11(5(3-15)23-12)24-13-9(19)7(17)6(16)4(2-14)22-13;2*1-12-7-6(11)5(10)4(9)3(2-8)13-7;1-7(3-9)6(11)5(10)4(2-8)12-7/h5-12,14-20H,2-4H2,1H3;2*4-20H,2-3H2,1H3;2*3-11H,2H2,1H3;4-6,8-11H,2-3H2,1H3/t5-,6-,7-,8-,9+,10-,11+,12-,13+;4-,5-,6+,7+,8-,9-,10-,11-,12+,13+;4-,5-,6-,7+,8-,9-,10-,11-,12+,13-;3-,4+,5+,6-,7?;3-,4-,5+,6-,7?;4-,5-,6+,7?/m111111/s1. The van der Waals surface area contributed by atoms with Crippen molar-refractivity contribution < 1.29 is 249 Å². The minimum absolute atomic E-state index is 0.0992. The molecule has 9 aliphatic heterocycles. The Morgan fingerprint density at radius 3 is 0.755 bits per heavy atom. The summed E-state index contributed by atoms with van der Waals surface area (Å²) in [6.45, 7) is -4.30. The van der Waals surface area contributed by atoms with Crippen LogP contribution in [0.15, 0.2) is 0 Å². The summed E-state index contributed by atoms with van der Waals surface area (Å²) in [5.74, 6) is -2.14. The van der Waals surface area contributed by atoms with Crippen LogP contribution in [0.25, 0.3) is 0 Å². The van der Waals surface area contributed by atoms with Crippen molar-refractivity contribution in [3.8, 4) is 0 Å². The molecular formula is C60H114O50. The Morgan fingerprint density at radius 1 is 0.245 bits per heavy atom. The molecule has 0 spiro atoms. The minimum Gasteiger partial charge on any atom is -0.394 e. The molecule has 9 aliphatic rings. The fourth-order valence-electron chi connectivity index (χ4n) is 12.1. The molecule has 9 rings (SSSR count). The van der Waals surface area contributed by atoms with E-state index in [0.717, 1.165) is 0 Å². The van der Waals surface area contributed by atoms with Crippen molar-refractivity contribution >= 4 is 0 Å². The minimum atomic E-state index is -2.14. The van der Waals surface area contributed by atoms with Crippen LogP contribution < -0.4 is 0 Å². The van der Waals surface area contributed by atoms with E-state index in [0.29, 0.717) is 0 Å². The molecule has 110 heavy (non-hydrogen) atoms. The summed E-state index contributed by atoms with van der Waals surface area (Å²) in [6, 6.07) is 0. The molecule has 0 aromatic rings. The summed E-state index contributed by atoms with van der Waals surface area (Å²) in [6.07, 6.45) is -55.6. The van der Waals surface area contributed by atoms with Gasteiger partial charge >= 0.3 is 0 Å². The molecule has 0 radical (unpaired) electrons. The highest BCUT2D eigenvalue weighted by Crippen LogP contribution is 2.38. The van der Waals surface area contributed by atoms with Gasteiger partial charge in [-0.2, -0.15) is 0 Å². The highest BCUT2D eigenvalue weighted by atomic mass is 16.8. The predicted molar refractivity (Wildman–Crippen MR) is 341 cm³/mol. The smallest absolute Gasteiger partial charge is 0.224 e. The first-order chi connectivity index (χ1) is 51.8. The number of methoxy groups -OCH3 is 5. The van der Waals surface area contributed by atoms with E-state index in [2.05, 4.69) is 0 Å². The van der Waals surface area contributed by atoms with E-state index >= 15 is 0 Å². The number of aliphatic hydroxyl groups excluding tert-OH is 33. The van der Waals surface area contributed by atoms with E-state index in [9.17, 15) is 133 Å². The summed E-state index contributed by atoms with van der Waals surface area (Å²) >= 11 is 0. The molecule has 50 nitrogen and oxygen atoms in total. The van der Waals surface area contributed by atoms with Gasteiger partial charge in [-0.15, -0.1) is 0 Å². The normalized spacial score (nSPS) is 48.8. The zero-order valence-corrected chi connectivity index (χ0v) is 60.1. The number of hydrogen-bond acceptors (Lipinski definition) is 50. The van der Waals surface area contributed by atoms with Gasteiger partial charge in [-0.05, 0) is 6.92 Å². The van der Waals surface area contributed by atoms with Gasteiger partial charge in [0.25, 0.3) is 0 Å². The van der Waals surface area contributed by atoms with Crippen molar-refractivity contribution in [3.63, 3.8) is 0 Å². The third kappa shape index (κ3) is 23.7. The molecule has 0 aliphatic carbocycles. The maximum absolute atomic E-state index is 10.2. The number of ether oxygens (including phenoxy) is 17. The monoisotopic (exact) mass is 1630 g/mol. The van der Waals surface area contributed by atoms with Crippen LogP contribution in [-0.2, 0) is 80.5 Å². The molecule has 654 valence electrons. The number of rotatable bonds is 22. The van der Waals surface area contributed by atoms with Crippen LogP contribution in [0.5, 0.6) is 0 Å². The summed E-state index contributed by atoms with van der Waals surface area (Å²) in [7, 11) is 6.43. The van der Waals surface area contributed by atoms with Crippen LogP contribution >= 0.6 is 0 Å². The molecule has 3 unspecified atom stereocenters. The molecule has 9 heterocycles. The zero-order valence-electron chi connectivity index (χ0n) is 60.1. The van der Waals surface area contributed by atoms with Gasteiger partial charge in [0.2, 0.25) is 5.79 Å². The lowest BCUT2D eigenvalue weighted by Crippen LogP contribution is -2.64. The topological polar surface area (TPSA) is 825 Å². The molecule has 0 amide bonds. The first-order valence-electron chi connectivity index (χ1n) is 34.1. The van der Waals surface area contributed by atoms with Crippen LogP contribution in [0.2, 0.25) is 0 Å². The van der Waals surface area contributed by atoms with Gasteiger partial charge in [-0.3, -0.25) is 0 Å². The Bertz CT molecular complexity index is 2350. The summed E-state index contributed by atoms with van der Waals surface area (Å²) in [5, 5.41) is 314. The second-order valence-corrected chi connectivity index (χ2v) is 26.4. The molecule has 33 N–H and O–H groups in total. The van der Waals surface area contributed by atoms with Gasteiger partial charge in [0.05, 0.1) is 66.1 Å². The second-order valence-electron chi connectivity index (χ2n) is 26.4. The van der Waals surface area contributed by atoms with Crippen molar-refractivity contribution in [2.75, 3.05) is 108 Å². The first-order valence-corrected chi connectivity index (χ1v) is 34.1. The van der Waals surface area contributed by atoms with E-state index in [1.165, 1.54) is 42.5 Å². The summed E-state index contributed by atoms with van der Waals surface area (Å²) < 4.78 is 86.3.